The quantitative estimate of drug-likeness (QED) is 0.504. The number of carbonyl (C=O) groups excluding carboxylic acids is 1. The van der Waals surface area contributed by atoms with Gasteiger partial charge in [0, 0.05) is 18.1 Å². The molecular formula is C25H27ClN2O2. The van der Waals surface area contributed by atoms with Gasteiger partial charge in [-0.15, -0.1) is 0 Å². The first-order valence-corrected chi connectivity index (χ1v) is 10.4. The Labute approximate surface area is 183 Å². The second-order valence-corrected chi connectivity index (χ2v) is 7.55. The number of benzene rings is 3. The Balaban J connectivity index is 1.83. The monoisotopic (exact) mass is 422 g/mol. The third-order valence-electron chi connectivity index (χ3n) is 5.16. The Kier molecular flexibility index (Phi) is 7.89. The van der Waals surface area contributed by atoms with Crippen LogP contribution in [0.2, 0.25) is 5.02 Å². The minimum Gasteiger partial charge on any atom is -0.497 e. The molecule has 0 aliphatic rings. The first-order chi connectivity index (χ1) is 14.6. The fraction of sp³-hybridized carbons (Fsp3) is 0.240. The number of methoxy groups -OCH3 is 1. The molecule has 156 valence electrons. The molecule has 0 heterocycles. The number of hydrogen-bond donors (Lipinski definition) is 2. The maximum atomic E-state index is 12.7. The molecule has 0 aliphatic heterocycles. The van der Waals surface area contributed by atoms with Crippen LogP contribution in [0.25, 0.3) is 0 Å². The molecule has 0 radical (unpaired) electrons. The van der Waals surface area contributed by atoms with Crippen molar-refractivity contribution in [1.82, 2.24) is 10.6 Å². The lowest BCUT2D eigenvalue weighted by Crippen LogP contribution is -2.38. The lowest BCUT2D eigenvalue weighted by molar-refractivity contribution is -0.123. The average Bonchev–Trinajstić information content (AvgIpc) is 2.80. The summed E-state index contributed by atoms with van der Waals surface area (Å²) in [6, 6.07) is 25.2. The van der Waals surface area contributed by atoms with Gasteiger partial charge in [0.15, 0.2) is 0 Å². The van der Waals surface area contributed by atoms with Crippen LogP contribution in [-0.2, 0) is 11.2 Å². The maximum Gasteiger partial charge on any atom is 0.241 e. The summed E-state index contributed by atoms with van der Waals surface area (Å²) >= 11 is 6.10. The van der Waals surface area contributed by atoms with E-state index in [4.69, 9.17) is 16.3 Å². The molecule has 2 N–H and O–H groups in total. The zero-order valence-electron chi connectivity index (χ0n) is 17.3. The molecule has 0 aliphatic carbocycles. The van der Waals surface area contributed by atoms with E-state index in [1.54, 1.807) is 14.2 Å². The minimum absolute atomic E-state index is 0.0214. The molecule has 0 spiro atoms. The van der Waals surface area contributed by atoms with Crippen molar-refractivity contribution in [3.63, 3.8) is 0 Å². The lowest BCUT2D eigenvalue weighted by Gasteiger charge is -2.26. The number of amides is 1. The second-order valence-electron chi connectivity index (χ2n) is 7.12. The Morgan fingerprint density at radius 3 is 2.20 bits per heavy atom. The van der Waals surface area contributed by atoms with E-state index in [2.05, 4.69) is 22.8 Å². The summed E-state index contributed by atoms with van der Waals surface area (Å²) in [5.74, 6) is 0.777. The van der Waals surface area contributed by atoms with Crippen LogP contribution in [0.1, 0.15) is 35.2 Å². The van der Waals surface area contributed by atoms with Crippen molar-refractivity contribution in [1.29, 1.82) is 0 Å². The summed E-state index contributed by atoms with van der Waals surface area (Å²) in [6.45, 7) is 0. The summed E-state index contributed by atoms with van der Waals surface area (Å²) in [5, 5.41) is 7.04. The molecule has 4 nitrogen and oxygen atoms in total. The molecule has 0 saturated carbocycles. The molecule has 0 saturated heterocycles. The predicted octanol–water partition coefficient (Wildman–Crippen LogP) is 5.10. The van der Waals surface area contributed by atoms with Crippen molar-refractivity contribution < 1.29 is 9.53 Å². The summed E-state index contributed by atoms with van der Waals surface area (Å²) in [6.07, 6.45) is 1.69. The van der Waals surface area contributed by atoms with Gasteiger partial charge in [-0.1, -0.05) is 66.2 Å². The van der Waals surface area contributed by atoms with Crippen molar-refractivity contribution in [2.24, 2.45) is 0 Å². The van der Waals surface area contributed by atoms with Crippen LogP contribution in [0.3, 0.4) is 0 Å². The van der Waals surface area contributed by atoms with Crippen LogP contribution in [0.5, 0.6) is 5.75 Å². The van der Waals surface area contributed by atoms with Gasteiger partial charge in [-0.3, -0.25) is 10.1 Å². The molecule has 30 heavy (non-hydrogen) atoms. The lowest BCUT2D eigenvalue weighted by atomic mass is 9.96. The van der Waals surface area contributed by atoms with Gasteiger partial charge in [-0.05, 0) is 53.8 Å². The molecule has 3 rings (SSSR count). The fourth-order valence-electron chi connectivity index (χ4n) is 3.46. The van der Waals surface area contributed by atoms with Crippen molar-refractivity contribution in [3.8, 4) is 5.75 Å². The first-order valence-electron chi connectivity index (χ1n) is 10.0. The van der Waals surface area contributed by atoms with E-state index >= 15 is 0 Å². The van der Waals surface area contributed by atoms with Crippen molar-refractivity contribution >= 4 is 17.5 Å². The van der Waals surface area contributed by atoms with Crippen molar-refractivity contribution in [3.05, 3.63) is 101 Å². The van der Waals surface area contributed by atoms with Crippen LogP contribution in [0.15, 0.2) is 78.9 Å². The standard InChI is InChI=1S/C25H27ClN2O2/c1-27-25(29)24(20-6-4-3-5-7-20)28-23(19-11-13-21(26)14-12-19)17-10-18-8-15-22(30-2)16-9-18/h3-9,11-16,23-24,28H,10,17H2,1-2H3,(H,27,29)/t23-,24-/m1/s1. The number of likely N-dealkylation sites (N-methyl/N-ethyl adjacent to an activating group) is 1. The van der Waals surface area contributed by atoms with Gasteiger partial charge in [-0.2, -0.15) is 0 Å². The van der Waals surface area contributed by atoms with E-state index in [1.165, 1.54) is 5.56 Å². The summed E-state index contributed by atoms with van der Waals surface area (Å²) in [5.41, 5.74) is 3.24. The molecular weight excluding hydrogens is 396 g/mol. The van der Waals surface area contributed by atoms with E-state index in [9.17, 15) is 4.79 Å². The average molecular weight is 423 g/mol. The number of aryl methyl sites for hydroxylation is 1. The highest BCUT2D eigenvalue weighted by molar-refractivity contribution is 6.30. The Hall–Kier alpha value is -2.82. The van der Waals surface area contributed by atoms with E-state index in [0.29, 0.717) is 5.02 Å². The molecule has 0 unspecified atom stereocenters. The Bertz CT molecular complexity index is 928. The second kappa shape index (κ2) is 10.8. The van der Waals surface area contributed by atoms with E-state index in [-0.39, 0.29) is 11.9 Å². The van der Waals surface area contributed by atoms with Gasteiger partial charge in [0.05, 0.1) is 7.11 Å². The number of nitrogens with one attached hydrogen (secondary N) is 2. The van der Waals surface area contributed by atoms with Crippen molar-refractivity contribution in [2.75, 3.05) is 14.2 Å². The van der Waals surface area contributed by atoms with Gasteiger partial charge >= 0.3 is 0 Å². The molecule has 1 amide bonds. The van der Waals surface area contributed by atoms with Gasteiger partial charge in [0.1, 0.15) is 11.8 Å². The summed E-state index contributed by atoms with van der Waals surface area (Å²) in [7, 11) is 3.33. The topological polar surface area (TPSA) is 50.4 Å². The van der Waals surface area contributed by atoms with Crippen LogP contribution in [-0.4, -0.2) is 20.1 Å². The third kappa shape index (κ3) is 5.85. The zero-order chi connectivity index (χ0) is 21.3. The molecule has 3 aromatic carbocycles. The van der Waals surface area contributed by atoms with E-state index < -0.39 is 6.04 Å². The van der Waals surface area contributed by atoms with Crippen LogP contribution >= 0.6 is 11.6 Å². The summed E-state index contributed by atoms with van der Waals surface area (Å²) < 4.78 is 5.25. The molecule has 5 heteroatoms. The third-order valence-corrected chi connectivity index (χ3v) is 5.41. The van der Waals surface area contributed by atoms with Gasteiger partial charge in [-0.25, -0.2) is 0 Å². The van der Waals surface area contributed by atoms with Gasteiger partial charge in [0.2, 0.25) is 5.91 Å². The first kappa shape index (κ1) is 21.9. The molecule has 3 aromatic rings. The normalized spacial score (nSPS) is 12.8. The van der Waals surface area contributed by atoms with Crippen LogP contribution < -0.4 is 15.4 Å². The van der Waals surface area contributed by atoms with Gasteiger partial charge in [0.25, 0.3) is 0 Å². The zero-order valence-corrected chi connectivity index (χ0v) is 18.0. The number of halogens is 1. The number of hydrogen-bond acceptors (Lipinski definition) is 3. The Morgan fingerprint density at radius 2 is 1.60 bits per heavy atom. The highest BCUT2D eigenvalue weighted by atomic mass is 35.5. The largest absolute Gasteiger partial charge is 0.497 e. The smallest absolute Gasteiger partial charge is 0.241 e. The SMILES string of the molecule is CNC(=O)[C@H](N[C@H](CCc1ccc(OC)cc1)c1ccc(Cl)cc1)c1ccccc1. The molecule has 0 fully saturated rings. The molecule has 2 atom stereocenters. The van der Waals surface area contributed by atoms with E-state index in [1.807, 2.05) is 66.7 Å². The molecule has 0 bridgehead atoms. The van der Waals surface area contributed by atoms with Crippen molar-refractivity contribution in [2.45, 2.75) is 24.9 Å². The highest BCUT2D eigenvalue weighted by Gasteiger charge is 2.24. The highest BCUT2D eigenvalue weighted by Crippen LogP contribution is 2.26. The number of ether oxygens (including phenoxy) is 1. The fourth-order valence-corrected chi connectivity index (χ4v) is 3.58. The maximum absolute atomic E-state index is 12.7. The number of rotatable bonds is 9. The van der Waals surface area contributed by atoms with Crippen LogP contribution in [0, 0.1) is 0 Å². The number of carbonyl (C=O) groups is 1. The Morgan fingerprint density at radius 1 is 0.933 bits per heavy atom. The minimum atomic E-state index is -0.451. The van der Waals surface area contributed by atoms with E-state index in [0.717, 1.165) is 29.7 Å². The summed E-state index contributed by atoms with van der Waals surface area (Å²) in [4.78, 5) is 12.7. The molecule has 0 aromatic heterocycles. The predicted molar refractivity (Wildman–Crippen MR) is 122 cm³/mol. The van der Waals surface area contributed by atoms with Crippen LogP contribution in [0.4, 0.5) is 0 Å². The van der Waals surface area contributed by atoms with Gasteiger partial charge < -0.3 is 10.1 Å².